The number of guanidine groups is 1. The van der Waals surface area contributed by atoms with Gasteiger partial charge in [-0.25, -0.2) is 4.39 Å². The van der Waals surface area contributed by atoms with Crippen LogP contribution in [0.4, 0.5) is 10.1 Å². The van der Waals surface area contributed by atoms with Crippen molar-refractivity contribution in [3.8, 4) is 0 Å². The molecule has 1 aliphatic heterocycles. The van der Waals surface area contributed by atoms with Crippen LogP contribution in [0.5, 0.6) is 0 Å². The zero-order valence-electron chi connectivity index (χ0n) is 18.1. The third-order valence-electron chi connectivity index (χ3n) is 4.85. The second kappa shape index (κ2) is 14.7. The van der Waals surface area contributed by atoms with Crippen LogP contribution in [0.15, 0.2) is 53.6 Å². The maximum atomic E-state index is 13.3. The van der Waals surface area contributed by atoms with E-state index in [-0.39, 0.29) is 5.82 Å². The van der Waals surface area contributed by atoms with Gasteiger partial charge < -0.3 is 10.6 Å². The molecule has 0 saturated carbocycles. The lowest BCUT2D eigenvalue weighted by Gasteiger charge is -2.22. The molecular weight excluding hydrogens is 395 g/mol. The van der Waals surface area contributed by atoms with Gasteiger partial charge in [0.2, 0.25) is 0 Å². The van der Waals surface area contributed by atoms with E-state index in [4.69, 9.17) is 12.2 Å². The number of halogens is 1. The predicted octanol–water partition coefficient (Wildman–Crippen LogP) is 6.04. The molecule has 4 nitrogen and oxygen atoms in total. The molecule has 1 aromatic rings. The van der Waals surface area contributed by atoms with Crippen LogP contribution in [0.2, 0.25) is 0 Å². The number of unbranched alkanes of at least 4 members (excludes halogenated alkanes) is 6. The predicted molar refractivity (Wildman–Crippen MR) is 131 cm³/mol. The molecule has 0 amide bonds. The molecule has 6 heteroatoms. The number of nitrogens with one attached hydrogen (secondary N) is 2. The third-order valence-corrected chi connectivity index (χ3v) is 5.17. The van der Waals surface area contributed by atoms with Gasteiger partial charge in [0.15, 0.2) is 11.1 Å². The second-order valence-electron chi connectivity index (χ2n) is 7.43. The molecule has 0 radical (unpaired) electrons. The van der Waals surface area contributed by atoms with E-state index in [0.717, 1.165) is 31.9 Å². The van der Waals surface area contributed by atoms with Crippen molar-refractivity contribution in [2.24, 2.45) is 4.99 Å². The molecule has 0 saturated heterocycles. The van der Waals surface area contributed by atoms with E-state index < -0.39 is 0 Å². The van der Waals surface area contributed by atoms with Gasteiger partial charge >= 0.3 is 0 Å². The highest BCUT2D eigenvalue weighted by Gasteiger charge is 2.20. The number of anilines is 1. The van der Waals surface area contributed by atoms with Gasteiger partial charge in [-0.1, -0.05) is 56.6 Å². The van der Waals surface area contributed by atoms with E-state index >= 15 is 0 Å². The summed E-state index contributed by atoms with van der Waals surface area (Å²) in [6.07, 6.45) is 18.5. The zero-order valence-corrected chi connectivity index (χ0v) is 18.9. The summed E-state index contributed by atoms with van der Waals surface area (Å²) >= 11 is 5.47. The smallest absolute Gasteiger partial charge is 0.200 e. The first kappa shape index (κ1) is 24.1. The zero-order chi connectivity index (χ0) is 21.4. The molecule has 0 aliphatic carbocycles. The summed E-state index contributed by atoms with van der Waals surface area (Å²) in [6, 6.07) is 6.31. The molecule has 0 fully saturated rings. The molecule has 0 atom stereocenters. The van der Waals surface area contributed by atoms with Crippen molar-refractivity contribution in [3.05, 3.63) is 54.4 Å². The largest absolute Gasteiger partial charge is 0.356 e. The number of hydrogen-bond acceptors (Lipinski definition) is 3. The Hall–Kier alpha value is -2.21. The molecule has 1 aliphatic rings. The van der Waals surface area contributed by atoms with E-state index in [1.165, 1.54) is 50.7 Å². The molecule has 0 aromatic heterocycles. The Morgan fingerprint density at radius 2 is 1.90 bits per heavy atom. The summed E-state index contributed by atoms with van der Waals surface area (Å²) in [4.78, 5) is 6.44. The molecule has 1 aromatic carbocycles. The van der Waals surface area contributed by atoms with Crippen LogP contribution in [0, 0.1) is 5.82 Å². The van der Waals surface area contributed by atoms with Crippen molar-refractivity contribution >= 4 is 29.0 Å². The first-order valence-electron chi connectivity index (χ1n) is 11.1. The van der Waals surface area contributed by atoms with Gasteiger partial charge in [-0.2, -0.15) is 0 Å². The number of nitrogens with zero attached hydrogens (tertiary/aromatic N) is 2. The number of allylic oxidation sites excluding steroid dienone is 4. The fraction of sp³-hybridized carbons (Fsp3) is 0.500. The van der Waals surface area contributed by atoms with E-state index in [1.807, 2.05) is 4.90 Å². The van der Waals surface area contributed by atoms with Crippen LogP contribution in [-0.2, 0) is 0 Å². The average molecular weight is 431 g/mol. The van der Waals surface area contributed by atoms with E-state index in [1.54, 1.807) is 12.1 Å². The molecule has 1 heterocycles. The lowest BCUT2D eigenvalue weighted by molar-refractivity contribution is 0.619. The Kier molecular flexibility index (Phi) is 11.8. The van der Waals surface area contributed by atoms with Gasteiger partial charge in [0, 0.05) is 18.8 Å². The number of thiocarbonyl (C=S) groups is 1. The van der Waals surface area contributed by atoms with Crippen molar-refractivity contribution < 1.29 is 4.39 Å². The molecular formula is C24H35FN4S. The monoisotopic (exact) mass is 430 g/mol. The Morgan fingerprint density at radius 1 is 1.13 bits per heavy atom. The average Bonchev–Trinajstić information content (AvgIpc) is 3.20. The molecule has 30 heavy (non-hydrogen) atoms. The minimum Gasteiger partial charge on any atom is -0.356 e. The molecule has 2 N–H and O–H groups in total. The quantitative estimate of drug-likeness (QED) is 0.241. The Balaban J connectivity index is 1.56. The lowest BCUT2D eigenvalue weighted by Crippen LogP contribution is -2.44. The number of rotatable bonds is 12. The first-order valence-corrected chi connectivity index (χ1v) is 11.6. The van der Waals surface area contributed by atoms with Gasteiger partial charge in [-0.05, 0) is 62.5 Å². The molecule has 2 rings (SSSR count). The van der Waals surface area contributed by atoms with Crippen LogP contribution >= 0.6 is 12.2 Å². The standard InChI is InChI=1S/C24H35FN4S/c1-2-3-4-5-6-7-8-9-10-11-12-13-17-26-23-27-18-19-29(23)24(30)28-22-16-14-15-21(25)20-22/h6-9,14-16,20H,2-5,10-13,17-19H2,1H3,(H,26,27)(H,28,30)/b7-6+,9-8+. The van der Waals surface area contributed by atoms with Crippen LogP contribution in [0.1, 0.15) is 58.3 Å². The highest BCUT2D eigenvalue weighted by atomic mass is 32.1. The number of hydrogen-bond donors (Lipinski definition) is 2. The van der Waals surface area contributed by atoms with Crippen LogP contribution < -0.4 is 10.6 Å². The Morgan fingerprint density at radius 3 is 2.63 bits per heavy atom. The number of aliphatic imine (C=N–C) groups is 1. The summed E-state index contributed by atoms with van der Waals surface area (Å²) in [5, 5.41) is 7.02. The summed E-state index contributed by atoms with van der Waals surface area (Å²) in [5.74, 6) is 0.520. The topological polar surface area (TPSA) is 39.7 Å². The minimum atomic E-state index is -0.283. The van der Waals surface area contributed by atoms with Crippen molar-refractivity contribution in [1.82, 2.24) is 10.2 Å². The highest BCUT2D eigenvalue weighted by molar-refractivity contribution is 7.80. The van der Waals surface area contributed by atoms with Gasteiger partial charge in [0.25, 0.3) is 0 Å². The highest BCUT2D eigenvalue weighted by Crippen LogP contribution is 2.12. The number of benzene rings is 1. The Labute approximate surface area is 186 Å². The minimum absolute atomic E-state index is 0.283. The van der Waals surface area contributed by atoms with E-state index in [9.17, 15) is 4.39 Å². The van der Waals surface area contributed by atoms with Gasteiger partial charge in [0.05, 0.1) is 6.54 Å². The van der Waals surface area contributed by atoms with Crippen LogP contribution in [0.25, 0.3) is 0 Å². The fourth-order valence-corrected chi connectivity index (χ4v) is 3.47. The first-order chi connectivity index (χ1) is 14.7. The van der Waals surface area contributed by atoms with E-state index in [2.05, 4.69) is 46.9 Å². The van der Waals surface area contributed by atoms with E-state index in [0.29, 0.717) is 17.3 Å². The van der Waals surface area contributed by atoms with Gasteiger partial charge in [0.1, 0.15) is 5.82 Å². The summed E-state index contributed by atoms with van der Waals surface area (Å²) in [7, 11) is 0. The maximum absolute atomic E-state index is 13.3. The molecule has 0 bridgehead atoms. The SMILES string of the molecule is CCCCC/C=C/C=C/CCCCCNC1=NCCN1C(=S)Nc1cccc(F)c1. The van der Waals surface area contributed by atoms with Crippen molar-refractivity contribution in [2.45, 2.75) is 58.3 Å². The summed E-state index contributed by atoms with van der Waals surface area (Å²) < 4.78 is 13.3. The molecule has 0 unspecified atom stereocenters. The van der Waals surface area contributed by atoms with Crippen LogP contribution in [-0.4, -0.2) is 35.6 Å². The van der Waals surface area contributed by atoms with Gasteiger partial charge in [-0.3, -0.25) is 9.89 Å². The third kappa shape index (κ3) is 9.53. The van der Waals surface area contributed by atoms with Crippen LogP contribution in [0.3, 0.4) is 0 Å². The van der Waals surface area contributed by atoms with Crippen molar-refractivity contribution in [2.75, 3.05) is 25.0 Å². The summed E-state index contributed by atoms with van der Waals surface area (Å²) in [6.45, 7) is 4.56. The van der Waals surface area contributed by atoms with Crippen molar-refractivity contribution in [1.29, 1.82) is 0 Å². The normalized spacial score (nSPS) is 13.9. The maximum Gasteiger partial charge on any atom is 0.200 e. The fourth-order valence-electron chi connectivity index (χ4n) is 3.18. The summed E-state index contributed by atoms with van der Waals surface area (Å²) in [5.41, 5.74) is 0.648. The Bertz CT molecular complexity index is 730. The van der Waals surface area contributed by atoms with Gasteiger partial charge in [-0.15, -0.1) is 0 Å². The molecule has 0 spiro atoms. The lowest BCUT2D eigenvalue weighted by atomic mass is 10.1. The van der Waals surface area contributed by atoms with Crippen molar-refractivity contribution in [3.63, 3.8) is 0 Å². The molecule has 164 valence electrons. The second-order valence-corrected chi connectivity index (χ2v) is 7.81.